The van der Waals surface area contributed by atoms with Gasteiger partial charge in [0.2, 0.25) is 0 Å². The number of benzene rings is 2. The Hall–Kier alpha value is -2.33. The van der Waals surface area contributed by atoms with Crippen LogP contribution in [0.3, 0.4) is 0 Å². The molecule has 0 heterocycles. The summed E-state index contributed by atoms with van der Waals surface area (Å²) in [5.74, 6) is -0.161. The van der Waals surface area contributed by atoms with E-state index in [1.54, 1.807) is 6.07 Å². The second kappa shape index (κ2) is 7.79. The summed E-state index contributed by atoms with van der Waals surface area (Å²) in [4.78, 5) is 12.1. The number of amides is 1. The fraction of sp³-hybridized carbons (Fsp3) is 0.316. The minimum atomic E-state index is -0.161. The molecule has 0 spiro atoms. The summed E-state index contributed by atoms with van der Waals surface area (Å²) in [6, 6.07) is 12.0. The van der Waals surface area contributed by atoms with Gasteiger partial charge in [0.1, 0.15) is 0 Å². The molecule has 0 aliphatic rings. The number of aliphatic hydroxyl groups is 1. The Labute approximate surface area is 137 Å². The average molecular weight is 312 g/mol. The molecule has 2 rings (SSSR count). The zero-order chi connectivity index (χ0) is 16.8. The Bertz CT molecular complexity index is 696. The maximum atomic E-state index is 12.1. The predicted octanol–water partition coefficient (Wildman–Crippen LogP) is 2.95. The van der Waals surface area contributed by atoms with Crippen LogP contribution in [-0.4, -0.2) is 24.2 Å². The van der Waals surface area contributed by atoms with Gasteiger partial charge in [0.05, 0.1) is 6.61 Å². The standard InChI is InChI=1S/C19H24N2O2/c1-13-7-8-16(11-14(13)2)12-21-18-6-4-5-17(15(18)3)19(23)20-9-10-22/h4-8,11,21-22H,9-10,12H2,1-3H3,(H,20,23). The first-order chi connectivity index (χ1) is 11.0. The number of nitrogens with one attached hydrogen (secondary N) is 2. The second-order valence-electron chi connectivity index (χ2n) is 5.73. The van der Waals surface area contributed by atoms with Crippen LogP contribution in [0.1, 0.15) is 32.6 Å². The summed E-state index contributed by atoms with van der Waals surface area (Å²) in [5, 5.41) is 14.9. The summed E-state index contributed by atoms with van der Waals surface area (Å²) >= 11 is 0. The lowest BCUT2D eigenvalue weighted by molar-refractivity contribution is 0.0944. The van der Waals surface area contributed by atoms with Crippen molar-refractivity contribution in [3.05, 3.63) is 64.2 Å². The largest absolute Gasteiger partial charge is 0.395 e. The first-order valence-electron chi connectivity index (χ1n) is 7.81. The number of aliphatic hydroxyl groups excluding tert-OH is 1. The van der Waals surface area contributed by atoms with Crippen molar-refractivity contribution in [1.29, 1.82) is 0 Å². The van der Waals surface area contributed by atoms with E-state index in [-0.39, 0.29) is 19.1 Å². The average Bonchev–Trinajstić information content (AvgIpc) is 2.54. The van der Waals surface area contributed by atoms with Crippen LogP contribution >= 0.6 is 0 Å². The maximum absolute atomic E-state index is 12.1. The van der Waals surface area contributed by atoms with Crippen molar-refractivity contribution < 1.29 is 9.90 Å². The number of aryl methyl sites for hydroxylation is 2. The zero-order valence-electron chi connectivity index (χ0n) is 13.9. The molecule has 4 heteroatoms. The Balaban J connectivity index is 2.11. The molecule has 1 amide bonds. The Morgan fingerprint density at radius 1 is 1.09 bits per heavy atom. The number of carbonyl (C=O) groups is 1. The molecule has 0 atom stereocenters. The molecular weight excluding hydrogens is 288 g/mol. The highest BCUT2D eigenvalue weighted by Gasteiger charge is 2.11. The van der Waals surface area contributed by atoms with Gasteiger partial charge in [0.15, 0.2) is 0 Å². The summed E-state index contributed by atoms with van der Waals surface area (Å²) in [7, 11) is 0. The lowest BCUT2D eigenvalue weighted by Crippen LogP contribution is -2.27. The van der Waals surface area contributed by atoms with E-state index in [4.69, 9.17) is 5.11 Å². The van der Waals surface area contributed by atoms with E-state index in [9.17, 15) is 4.79 Å². The Kier molecular flexibility index (Phi) is 5.77. The molecule has 0 unspecified atom stereocenters. The van der Waals surface area contributed by atoms with E-state index in [1.807, 2.05) is 19.1 Å². The molecule has 0 bridgehead atoms. The summed E-state index contributed by atoms with van der Waals surface area (Å²) < 4.78 is 0. The highest BCUT2D eigenvalue weighted by Crippen LogP contribution is 2.20. The van der Waals surface area contributed by atoms with Gasteiger partial charge in [0.25, 0.3) is 5.91 Å². The van der Waals surface area contributed by atoms with E-state index < -0.39 is 0 Å². The van der Waals surface area contributed by atoms with Crippen LogP contribution in [0.5, 0.6) is 0 Å². The van der Waals surface area contributed by atoms with Crippen LogP contribution < -0.4 is 10.6 Å². The normalized spacial score (nSPS) is 10.4. The predicted molar refractivity (Wildman–Crippen MR) is 93.8 cm³/mol. The van der Waals surface area contributed by atoms with Crippen molar-refractivity contribution in [2.45, 2.75) is 27.3 Å². The molecule has 0 fully saturated rings. The van der Waals surface area contributed by atoms with Gasteiger partial charge in [-0.25, -0.2) is 0 Å². The molecule has 0 saturated heterocycles. The molecule has 0 radical (unpaired) electrons. The lowest BCUT2D eigenvalue weighted by atomic mass is 10.0. The van der Waals surface area contributed by atoms with Gasteiger partial charge in [-0.15, -0.1) is 0 Å². The summed E-state index contributed by atoms with van der Waals surface area (Å²) in [5.41, 5.74) is 6.25. The van der Waals surface area contributed by atoms with Crippen LogP contribution in [0.25, 0.3) is 0 Å². The fourth-order valence-electron chi connectivity index (χ4n) is 2.45. The third kappa shape index (κ3) is 4.33. The zero-order valence-corrected chi connectivity index (χ0v) is 13.9. The number of hydrogen-bond acceptors (Lipinski definition) is 3. The third-order valence-electron chi connectivity index (χ3n) is 4.03. The number of rotatable bonds is 6. The molecule has 4 nitrogen and oxygen atoms in total. The highest BCUT2D eigenvalue weighted by atomic mass is 16.3. The smallest absolute Gasteiger partial charge is 0.251 e. The van der Waals surface area contributed by atoms with E-state index in [1.165, 1.54) is 16.7 Å². The summed E-state index contributed by atoms with van der Waals surface area (Å²) in [6.07, 6.45) is 0. The maximum Gasteiger partial charge on any atom is 0.251 e. The Morgan fingerprint density at radius 3 is 2.57 bits per heavy atom. The fourth-order valence-corrected chi connectivity index (χ4v) is 2.45. The minimum Gasteiger partial charge on any atom is -0.395 e. The molecule has 0 aliphatic heterocycles. The van der Waals surface area contributed by atoms with Gasteiger partial charge in [-0.1, -0.05) is 24.3 Å². The van der Waals surface area contributed by atoms with Crippen molar-refractivity contribution in [1.82, 2.24) is 5.32 Å². The van der Waals surface area contributed by atoms with Gasteiger partial charge in [-0.05, 0) is 55.2 Å². The molecular formula is C19H24N2O2. The molecule has 0 aromatic heterocycles. The number of hydrogen-bond donors (Lipinski definition) is 3. The van der Waals surface area contributed by atoms with E-state index in [0.29, 0.717) is 12.1 Å². The van der Waals surface area contributed by atoms with Gasteiger partial charge >= 0.3 is 0 Å². The van der Waals surface area contributed by atoms with Crippen molar-refractivity contribution in [2.75, 3.05) is 18.5 Å². The second-order valence-corrected chi connectivity index (χ2v) is 5.73. The van der Waals surface area contributed by atoms with Crippen LogP contribution in [0.4, 0.5) is 5.69 Å². The Morgan fingerprint density at radius 2 is 1.87 bits per heavy atom. The molecule has 2 aromatic carbocycles. The van der Waals surface area contributed by atoms with Crippen LogP contribution in [-0.2, 0) is 6.54 Å². The van der Waals surface area contributed by atoms with Crippen molar-refractivity contribution in [3.8, 4) is 0 Å². The SMILES string of the molecule is Cc1ccc(CNc2cccc(C(=O)NCCO)c2C)cc1C. The molecule has 0 aliphatic carbocycles. The van der Waals surface area contributed by atoms with E-state index in [2.05, 4.69) is 42.7 Å². The minimum absolute atomic E-state index is 0.0600. The van der Waals surface area contributed by atoms with Gasteiger partial charge in [-0.2, -0.15) is 0 Å². The highest BCUT2D eigenvalue weighted by molar-refractivity contribution is 5.97. The first kappa shape index (κ1) is 17.0. The van der Waals surface area contributed by atoms with Crippen molar-refractivity contribution in [2.24, 2.45) is 0 Å². The third-order valence-corrected chi connectivity index (χ3v) is 4.03. The molecule has 3 N–H and O–H groups in total. The van der Waals surface area contributed by atoms with Gasteiger partial charge in [0, 0.05) is 24.3 Å². The topological polar surface area (TPSA) is 61.4 Å². The molecule has 122 valence electrons. The van der Waals surface area contributed by atoms with Crippen LogP contribution in [0, 0.1) is 20.8 Å². The van der Waals surface area contributed by atoms with Crippen molar-refractivity contribution in [3.63, 3.8) is 0 Å². The van der Waals surface area contributed by atoms with E-state index in [0.717, 1.165) is 11.3 Å². The summed E-state index contributed by atoms with van der Waals surface area (Å²) in [6.45, 7) is 7.05. The van der Waals surface area contributed by atoms with E-state index >= 15 is 0 Å². The lowest BCUT2D eigenvalue weighted by Gasteiger charge is -2.14. The quantitative estimate of drug-likeness (QED) is 0.768. The van der Waals surface area contributed by atoms with Crippen LogP contribution in [0.15, 0.2) is 36.4 Å². The number of anilines is 1. The molecule has 23 heavy (non-hydrogen) atoms. The first-order valence-corrected chi connectivity index (χ1v) is 7.81. The van der Waals surface area contributed by atoms with Crippen LogP contribution in [0.2, 0.25) is 0 Å². The number of carbonyl (C=O) groups excluding carboxylic acids is 1. The van der Waals surface area contributed by atoms with Gasteiger partial charge in [-0.3, -0.25) is 4.79 Å². The van der Waals surface area contributed by atoms with Gasteiger partial charge < -0.3 is 15.7 Å². The molecule has 2 aromatic rings. The van der Waals surface area contributed by atoms with Crippen molar-refractivity contribution >= 4 is 11.6 Å². The molecule has 0 saturated carbocycles. The monoisotopic (exact) mass is 312 g/mol.